The second kappa shape index (κ2) is 6.07. The van der Waals surface area contributed by atoms with Crippen molar-refractivity contribution < 1.29 is 0 Å². The van der Waals surface area contributed by atoms with Crippen LogP contribution in [0.2, 0.25) is 0 Å². The number of nitrogen functional groups attached to an aromatic ring is 1. The highest BCUT2D eigenvalue weighted by Gasteiger charge is 2.11. The number of hydrogen-bond donors (Lipinski definition) is 1. The average Bonchev–Trinajstić information content (AvgIpc) is 2.38. The molecule has 0 heterocycles. The molecule has 2 heteroatoms. The van der Waals surface area contributed by atoms with Gasteiger partial charge in [-0.3, -0.25) is 4.90 Å². The molecule has 2 aromatic rings. The minimum atomic E-state index is 0.547. The summed E-state index contributed by atoms with van der Waals surface area (Å²) in [6, 6.07) is 13.3. The molecule has 2 aromatic carbocycles. The van der Waals surface area contributed by atoms with Gasteiger partial charge in [0, 0.05) is 18.3 Å². The van der Waals surface area contributed by atoms with Gasteiger partial charge in [-0.15, -0.1) is 0 Å². The van der Waals surface area contributed by atoms with E-state index in [-0.39, 0.29) is 0 Å². The first kappa shape index (κ1) is 13.9. The molecule has 0 radical (unpaired) electrons. The zero-order valence-corrected chi connectivity index (χ0v) is 12.2. The smallest absolute Gasteiger partial charge is 0.0366 e. The minimum absolute atomic E-state index is 0.547. The predicted molar refractivity (Wildman–Crippen MR) is 84.2 cm³/mol. The van der Waals surface area contributed by atoms with E-state index in [9.17, 15) is 0 Å². The molecule has 0 aliphatic heterocycles. The first-order chi connectivity index (χ1) is 9.11. The molecule has 0 fully saturated rings. The number of fused-ring (bicyclic) bond motifs is 1. The van der Waals surface area contributed by atoms with Crippen LogP contribution in [0.25, 0.3) is 10.8 Å². The van der Waals surface area contributed by atoms with E-state index in [1.807, 2.05) is 0 Å². The van der Waals surface area contributed by atoms with Gasteiger partial charge in [-0.25, -0.2) is 0 Å². The first-order valence-electron chi connectivity index (χ1n) is 7.13. The number of nitrogens with two attached hydrogens (primary N) is 1. The fourth-order valence-corrected chi connectivity index (χ4v) is 2.47. The molecular weight excluding hydrogens is 232 g/mol. The van der Waals surface area contributed by atoms with Crippen molar-refractivity contribution in [2.45, 2.75) is 39.8 Å². The fourth-order valence-electron chi connectivity index (χ4n) is 2.47. The van der Waals surface area contributed by atoms with Crippen LogP contribution >= 0.6 is 0 Å². The van der Waals surface area contributed by atoms with Crippen LogP contribution < -0.4 is 5.73 Å². The van der Waals surface area contributed by atoms with Gasteiger partial charge in [-0.05, 0) is 55.3 Å². The Morgan fingerprint density at radius 2 is 1.74 bits per heavy atom. The maximum Gasteiger partial charge on any atom is 0.0366 e. The van der Waals surface area contributed by atoms with E-state index in [1.165, 1.54) is 22.8 Å². The van der Waals surface area contributed by atoms with E-state index in [1.54, 1.807) is 0 Å². The number of benzene rings is 2. The number of hydrogen-bond acceptors (Lipinski definition) is 2. The number of anilines is 1. The second-order valence-corrected chi connectivity index (χ2v) is 5.46. The number of rotatable bonds is 5. The third-order valence-electron chi connectivity index (χ3n) is 3.62. The van der Waals surface area contributed by atoms with Crippen molar-refractivity contribution in [2.24, 2.45) is 0 Å². The van der Waals surface area contributed by atoms with Gasteiger partial charge in [0.25, 0.3) is 0 Å². The molecule has 0 unspecified atom stereocenters. The summed E-state index contributed by atoms with van der Waals surface area (Å²) < 4.78 is 0. The number of nitrogens with zero attached hydrogens (tertiary/aromatic N) is 1. The molecule has 0 spiro atoms. The van der Waals surface area contributed by atoms with Crippen molar-refractivity contribution in [1.82, 2.24) is 4.90 Å². The molecule has 0 aliphatic rings. The van der Waals surface area contributed by atoms with Crippen molar-refractivity contribution in [3.8, 4) is 0 Å². The third-order valence-corrected chi connectivity index (χ3v) is 3.62. The van der Waals surface area contributed by atoms with Gasteiger partial charge in [-0.2, -0.15) is 0 Å². The fraction of sp³-hybridized carbons (Fsp3) is 0.412. The summed E-state index contributed by atoms with van der Waals surface area (Å²) in [6.07, 6.45) is 1.17. The SMILES string of the molecule is CCCN(Cc1cc2ccccc2cc1N)C(C)C. The predicted octanol–water partition coefficient (Wildman–Crippen LogP) is 4.04. The van der Waals surface area contributed by atoms with Crippen LogP contribution in [0, 0.1) is 0 Å². The normalized spacial score (nSPS) is 11.6. The molecule has 0 amide bonds. The Morgan fingerprint density at radius 3 is 2.32 bits per heavy atom. The molecule has 2 nitrogen and oxygen atoms in total. The summed E-state index contributed by atoms with van der Waals surface area (Å²) in [6.45, 7) is 8.75. The van der Waals surface area contributed by atoms with E-state index in [2.05, 4.69) is 62.1 Å². The molecule has 102 valence electrons. The van der Waals surface area contributed by atoms with Crippen LogP contribution in [0.4, 0.5) is 5.69 Å². The quantitative estimate of drug-likeness (QED) is 0.818. The van der Waals surface area contributed by atoms with Crippen LogP contribution in [0.3, 0.4) is 0 Å². The van der Waals surface area contributed by atoms with Gasteiger partial charge in [0.05, 0.1) is 0 Å². The van der Waals surface area contributed by atoms with Crippen molar-refractivity contribution in [2.75, 3.05) is 12.3 Å². The van der Waals surface area contributed by atoms with E-state index in [0.717, 1.165) is 18.8 Å². The average molecular weight is 256 g/mol. The standard InChI is InChI=1S/C17H24N2/c1-4-9-19(13(2)3)12-16-10-14-7-5-6-8-15(14)11-17(16)18/h5-8,10-11,13H,4,9,12,18H2,1-3H3. The molecule has 0 saturated carbocycles. The molecule has 0 aliphatic carbocycles. The first-order valence-corrected chi connectivity index (χ1v) is 7.13. The van der Waals surface area contributed by atoms with E-state index in [4.69, 9.17) is 5.73 Å². The highest BCUT2D eigenvalue weighted by atomic mass is 15.1. The maximum atomic E-state index is 6.20. The lowest BCUT2D eigenvalue weighted by Crippen LogP contribution is -2.31. The Balaban J connectivity index is 2.31. The van der Waals surface area contributed by atoms with Crippen LogP contribution in [0.5, 0.6) is 0 Å². The van der Waals surface area contributed by atoms with Gasteiger partial charge in [0.1, 0.15) is 0 Å². The van der Waals surface area contributed by atoms with Gasteiger partial charge >= 0.3 is 0 Å². The Bertz CT molecular complexity index is 546. The van der Waals surface area contributed by atoms with Crippen LogP contribution in [0.1, 0.15) is 32.8 Å². The Morgan fingerprint density at radius 1 is 1.11 bits per heavy atom. The Kier molecular flexibility index (Phi) is 4.43. The van der Waals surface area contributed by atoms with E-state index < -0.39 is 0 Å². The second-order valence-electron chi connectivity index (χ2n) is 5.46. The minimum Gasteiger partial charge on any atom is -0.398 e. The largest absolute Gasteiger partial charge is 0.398 e. The molecular formula is C17H24N2. The van der Waals surface area contributed by atoms with E-state index >= 15 is 0 Å². The van der Waals surface area contributed by atoms with Gasteiger partial charge < -0.3 is 5.73 Å². The zero-order chi connectivity index (χ0) is 13.8. The Labute approximate surface area is 116 Å². The summed E-state index contributed by atoms with van der Waals surface area (Å²) in [4.78, 5) is 2.47. The summed E-state index contributed by atoms with van der Waals surface area (Å²) in [5, 5.41) is 2.49. The summed E-state index contributed by atoms with van der Waals surface area (Å²) in [7, 11) is 0. The van der Waals surface area contributed by atoms with Gasteiger partial charge in [0.15, 0.2) is 0 Å². The van der Waals surface area contributed by atoms with Crippen molar-refractivity contribution >= 4 is 16.5 Å². The molecule has 19 heavy (non-hydrogen) atoms. The molecule has 0 atom stereocenters. The summed E-state index contributed by atoms with van der Waals surface area (Å²) >= 11 is 0. The lowest BCUT2D eigenvalue weighted by Gasteiger charge is -2.26. The van der Waals surface area contributed by atoms with Crippen molar-refractivity contribution in [1.29, 1.82) is 0 Å². The van der Waals surface area contributed by atoms with Gasteiger partial charge in [0.2, 0.25) is 0 Å². The lowest BCUT2D eigenvalue weighted by molar-refractivity contribution is 0.214. The summed E-state index contributed by atoms with van der Waals surface area (Å²) in [5.41, 5.74) is 8.34. The molecule has 0 bridgehead atoms. The Hall–Kier alpha value is -1.54. The van der Waals surface area contributed by atoms with Gasteiger partial charge in [-0.1, -0.05) is 31.2 Å². The molecule has 0 aromatic heterocycles. The highest BCUT2D eigenvalue weighted by molar-refractivity contribution is 5.86. The topological polar surface area (TPSA) is 29.3 Å². The lowest BCUT2D eigenvalue weighted by atomic mass is 10.0. The van der Waals surface area contributed by atoms with Crippen LogP contribution in [0.15, 0.2) is 36.4 Å². The molecule has 2 rings (SSSR count). The maximum absolute atomic E-state index is 6.20. The van der Waals surface area contributed by atoms with E-state index in [0.29, 0.717) is 6.04 Å². The van der Waals surface area contributed by atoms with Crippen molar-refractivity contribution in [3.63, 3.8) is 0 Å². The van der Waals surface area contributed by atoms with Crippen LogP contribution in [-0.4, -0.2) is 17.5 Å². The zero-order valence-electron chi connectivity index (χ0n) is 12.2. The summed E-state index contributed by atoms with van der Waals surface area (Å²) in [5.74, 6) is 0. The van der Waals surface area contributed by atoms with Crippen molar-refractivity contribution in [3.05, 3.63) is 42.0 Å². The monoisotopic (exact) mass is 256 g/mol. The molecule has 2 N–H and O–H groups in total. The highest BCUT2D eigenvalue weighted by Crippen LogP contribution is 2.23. The molecule has 0 saturated heterocycles. The van der Waals surface area contributed by atoms with Crippen LogP contribution in [-0.2, 0) is 6.54 Å². The third kappa shape index (κ3) is 3.27.